The Kier molecular flexibility index (Phi) is 6.12. The lowest BCUT2D eigenvalue weighted by molar-refractivity contribution is -0.124. The normalized spacial score (nSPS) is 17.1. The molecule has 2 heterocycles. The van der Waals surface area contributed by atoms with Crippen molar-refractivity contribution in [1.82, 2.24) is 10.6 Å². The first-order valence-corrected chi connectivity index (χ1v) is 11.6. The average molecular weight is 481 g/mol. The molecule has 0 bridgehead atoms. The van der Waals surface area contributed by atoms with Gasteiger partial charge in [-0.15, -0.1) is 0 Å². The molecule has 1 saturated heterocycles. The third-order valence-electron chi connectivity index (χ3n) is 6.19. The summed E-state index contributed by atoms with van der Waals surface area (Å²) < 4.78 is 12.0. The SMILES string of the molecule is CCOc1ccc(C2=C(C=C3C(=O)NC(=O)NC3=O)[C@H](c3ccccc3C)c3ccccc3O2)cc1. The zero-order chi connectivity index (χ0) is 25.2. The second-order valence-corrected chi connectivity index (χ2v) is 8.47. The summed E-state index contributed by atoms with van der Waals surface area (Å²) in [7, 11) is 0. The Morgan fingerprint density at radius 1 is 0.861 bits per heavy atom. The van der Waals surface area contributed by atoms with Crippen molar-refractivity contribution < 1.29 is 23.9 Å². The first kappa shape index (κ1) is 23.1. The van der Waals surface area contributed by atoms with E-state index in [9.17, 15) is 14.4 Å². The van der Waals surface area contributed by atoms with Crippen molar-refractivity contribution in [3.63, 3.8) is 0 Å². The standard InChI is InChI=1S/C29H24N2O5/c1-3-35-19-14-12-18(13-15-19)26-22(16-23-27(32)30-29(34)31-28(23)33)25(20-9-5-4-8-17(20)2)21-10-6-7-11-24(21)36-26/h4-16,25H,3H2,1-2H3,(H2,30,31,32,33,34)/t25-/m1/s1. The van der Waals surface area contributed by atoms with Gasteiger partial charge in [0.05, 0.1) is 6.61 Å². The van der Waals surface area contributed by atoms with Gasteiger partial charge in [0.25, 0.3) is 11.8 Å². The molecule has 4 amide bonds. The fourth-order valence-electron chi connectivity index (χ4n) is 4.53. The summed E-state index contributed by atoms with van der Waals surface area (Å²) >= 11 is 0. The van der Waals surface area contributed by atoms with Crippen molar-refractivity contribution in [2.24, 2.45) is 0 Å². The third kappa shape index (κ3) is 4.27. The lowest BCUT2D eigenvalue weighted by Crippen LogP contribution is -2.51. The summed E-state index contributed by atoms with van der Waals surface area (Å²) in [5.74, 6) is 0.0651. The Morgan fingerprint density at radius 2 is 1.50 bits per heavy atom. The molecular formula is C29H24N2O5. The number of para-hydroxylation sites is 1. The van der Waals surface area contributed by atoms with Crippen LogP contribution in [-0.4, -0.2) is 24.5 Å². The van der Waals surface area contributed by atoms with Gasteiger partial charge in [0.2, 0.25) is 0 Å². The maximum absolute atomic E-state index is 12.7. The predicted octanol–water partition coefficient (Wildman–Crippen LogP) is 4.62. The summed E-state index contributed by atoms with van der Waals surface area (Å²) in [4.78, 5) is 37.0. The molecule has 7 nitrogen and oxygen atoms in total. The van der Waals surface area contributed by atoms with Gasteiger partial charge in [0.1, 0.15) is 22.8 Å². The maximum atomic E-state index is 12.7. The number of allylic oxidation sites excluding steroid dienone is 2. The minimum absolute atomic E-state index is 0.172. The number of fused-ring (bicyclic) bond motifs is 1. The molecule has 1 atom stereocenters. The average Bonchev–Trinajstić information content (AvgIpc) is 2.87. The van der Waals surface area contributed by atoms with Crippen LogP contribution in [0, 0.1) is 6.92 Å². The summed E-state index contributed by atoms with van der Waals surface area (Å²) in [5.41, 5.74) is 4.17. The minimum Gasteiger partial charge on any atom is -0.494 e. The van der Waals surface area contributed by atoms with Crippen LogP contribution >= 0.6 is 0 Å². The van der Waals surface area contributed by atoms with Crippen LogP contribution in [0.1, 0.15) is 35.1 Å². The van der Waals surface area contributed by atoms with Crippen molar-refractivity contribution >= 4 is 23.6 Å². The summed E-state index contributed by atoms with van der Waals surface area (Å²) in [6.07, 6.45) is 1.52. The molecule has 0 aliphatic carbocycles. The first-order valence-electron chi connectivity index (χ1n) is 11.6. The molecule has 2 aliphatic heterocycles. The van der Waals surface area contributed by atoms with Crippen LogP contribution in [0.15, 0.2) is 90.0 Å². The number of hydrogen-bond acceptors (Lipinski definition) is 5. The van der Waals surface area contributed by atoms with Crippen LogP contribution in [0.4, 0.5) is 4.79 Å². The smallest absolute Gasteiger partial charge is 0.328 e. The molecule has 7 heteroatoms. The van der Waals surface area contributed by atoms with Crippen LogP contribution in [0.5, 0.6) is 11.5 Å². The van der Waals surface area contributed by atoms with Crippen LogP contribution < -0.4 is 20.1 Å². The molecule has 180 valence electrons. The topological polar surface area (TPSA) is 93.7 Å². The van der Waals surface area contributed by atoms with Gasteiger partial charge in [0, 0.05) is 22.6 Å². The zero-order valence-corrected chi connectivity index (χ0v) is 19.8. The van der Waals surface area contributed by atoms with E-state index in [1.165, 1.54) is 6.08 Å². The molecule has 0 saturated carbocycles. The number of nitrogens with one attached hydrogen (secondary N) is 2. The van der Waals surface area contributed by atoms with Crippen molar-refractivity contribution in [3.05, 3.63) is 112 Å². The van der Waals surface area contributed by atoms with Gasteiger partial charge in [0.15, 0.2) is 0 Å². The molecule has 3 aromatic rings. The summed E-state index contributed by atoms with van der Waals surface area (Å²) in [6, 6.07) is 22.3. The van der Waals surface area contributed by atoms with Gasteiger partial charge in [-0.25, -0.2) is 4.79 Å². The monoisotopic (exact) mass is 480 g/mol. The number of urea groups is 1. The Hall–Kier alpha value is -4.65. The molecule has 1 fully saturated rings. The highest BCUT2D eigenvalue weighted by molar-refractivity contribution is 6.29. The van der Waals surface area contributed by atoms with E-state index in [0.29, 0.717) is 23.7 Å². The first-order chi connectivity index (χ1) is 17.5. The molecule has 3 aromatic carbocycles. The van der Waals surface area contributed by atoms with Gasteiger partial charge >= 0.3 is 6.03 Å². The van der Waals surface area contributed by atoms with Crippen molar-refractivity contribution in [1.29, 1.82) is 0 Å². The lowest BCUT2D eigenvalue weighted by Gasteiger charge is -2.31. The summed E-state index contributed by atoms with van der Waals surface area (Å²) in [6.45, 7) is 4.48. The Morgan fingerprint density at radius 3 is 2.17 bits per heavy atom. The number of barbiturate groups is 1. The van der Waals surface area contributed by atoms with Gasteiger partial charge in [-0.3, -0.25) is 20.2 Å². The van der Waals surface area contributed by atoms with Gasteiger partial charge < -0.3 is 9.47 Å². The molecule has 36 heavy (non-hydrogen) atoms. The predicted molar refractivity (Wildman–Crippen MR) is 134 cm³/mol. The van der Waals surface area contributed by atoms with E-state index in [2.05, 4.69) is 10.6 Å². The molecule has 0 aromatic heterocycles. The Bertz CT molecular complexity index is 1410. The van der Waals surface area contributed by atoms with E-state index in [1.54, 1.807) is 0 Å². The largest absolute Gasteiger partial charge is 0.494 e. The Labute approximate surface area is 208 Å². The molecule has 0 spiro atoms. The number of ether oxygens (including phenoxy) is 2. The highest BCUT2D eigenvalue weighted by Gasteiger charge is 2.35. The highest BCUT2D eigenvalue weighted by atomic mass is 16.5. The van der Waals surface area contributed by atoms with Crippen LogP contribution in [0.3, 0.4) is 0 Å². The summed E-state index contributed by atoms with van der Waals surface area (Å²) in [5, 5.41) is 4.31. The molecule has 2 aliphatic rings. The van der Waals surface area contributed by atoms with Crippen molar-refractivity contribution in [3.8, 4) is 11.5 Å². The third-order valence-corrected chi connectivity index (χ3v) is 6.19. The van der Waals surface area contributed by atoms with E-state index >= 15 is 0 Å². The number of benzene rings is 3. The minimum atomic E-state index is -0.844. The van der Waals surface area contributed by atoms with Crippen LogP contribution in [0.2, 0.25) is 0 Å². The lowest BCUT2D eigenvalue weighted by atomic mass is 9.79. The molecule has 5 rings (SSSR count). The quantitative estimate of drug-likeness (QED) is 0.411. The highest BCUT2D eigenvalue weighted by Crippen LogP contribution is 2.47. The van der Waals surface area contributed by atoms with Gasteiger partial charge in [-0.2, -0.15) is 0 Å². The number of carbonyl (C=O) groups is 3. The second kappa shape index (κ2) is 9.54. The number of aryl methyl sites for hydroxylation is 1. The molecule has 0 unspecified atom stereocenters. The van der Waals surface area contributed by atoms with Crippen molar-refractivity contribution in [2.75, 3.05) is 6.61 Å². The number of imide groups is 2. The number of carbonyl (C=O) groups excluding carboxylic acids is 3. The molecular weight excluding hydrogens is 456 g/mol. The second-order valence-electron chi connectivity index (χ2n) is 8.47. The van der Waals surface area contributed by atoms with Gasteiger partial charge in [-0.05, 0) is 61.4 Å². The maximum Gasteiger partial charge on any atom is 0.328 e. The molecule has 2 N–H and O–H groups in total. The fourth-order valence-corrected chi connectivity index (χ4v) is 4.53. The van der Waals surface area contributed by atoms with E-state index < -0.39 is 17.8 Å². The van der Waals surface area contributed by atoms with E-state index in [-0.39, 0.29) is 11.5 Å². The number of rotatable bonds is 5. The van der Waals surface area contributed by atoms with Crippen molar-refractivity contribution in [2.45, 2.75) is 19.8 Å². The van der Waals surface area contributed by atoms with Crippen LogP contribution in [0.25, 0.3) is 5.76 Å². The zero-order valence-electron chi connectivity index (χ0n) is 19.8. The van der Waals surface area contributed by atoms with Gasteiger partial charge in [-0.1, -0.05) is 42.5 Å². The van der Waals surface area contributed by atoms with E-state index in [4.69, 9.17) is 9.47 Å². The van der Waals surface area contributed by atoms with E-state index in [1.807, 2.05) is 86.6 Å². The molecule has 0 radical (unpaired) electrons. The van der Waals surface area contributed by atoms with E-state index in [0.717, 1.165) is 28.0 Å². The number of hydrogen-bond donors (Lipinski definition) is 2. The van der Waals surface area contributed by atoms with Crippen LogP contribution in [-0.2, 0) is 9.59 Å². The number of amides is 4. The fraction of sp³-hybridized carbons (Fsp3) is 0.138. The Balaban J connectivity index is 1.77.